The lowest BCUT2D eigenvalue weighted by molar-refractivity contribution is -0.144. The summed E-state index contributed by atoms with van der Waals surface area (Å²) in [5, 5.41) is 8.89. The highest BCUT2D eigenvalue weighted by Crippen LogP contribution is 2.39. The van der Waals surface area contributed by atoms with Crippen molar-refractivity contribution in [1.82, 2.24) is 0 Å². The van der Waals surface area contributed by atoms with Crippen molar-refractivity contribution in [3.63, 3.8) is 0 Å². The predicted octanol–water partition coefficient (Wildman–Crippen LogP) is 2.87. The normalized spacial score (nSPS) is 9.84. The van der Waals surface area contributed by atoms with Gasteiger partial charge in [0.05, 0.1) is 39.4 Å². The molecule has 0 atom stereocenters. The van der Waals surface area contributed by atoms with Gasteiger partial charge in [-0.15, -0.1) is 0 Å². The first-order chi connectivity index (χ1) is 12.1. The third kappa shape index (κ3) is 4.42. The summed E-state index contributed by atoms with van der Waals surface area (Å²) in [6.45, 7) is 0.101. The number of ether oxygens (including phenoxy) is 4. The molecule has 2 aromatic carbocycles. The average Bonchev–Trinajstić information content (AvgIpc) is 2.65. The van der Waals surface area contributed by atoms with Crippen LogP contribution in [0.1, 0.15) is 16.7 Å². The van der Waals surface area contributed by atoms with Crippen LogP contribution in [0.2, 0.25) is 0 Å². The SMILES string of the molecule is COc1ccc(CC(=O)OCc2cccc(C#N)c2)c(OC)c1OC. The van der Waals surface area contributed by atoms with Crippen LogP contribution in [0.4, 0.5) is 0 Å². The maximum absolute atomic E-state index is 12.1. The van der Waals surface area contributed by atoms with E-state index < -0.39 is 5.97 Å². The topological polar surface area (TPSA) is 77.8 Å². The van der Waals surface area contributed by atoms with Gasteiger partial charge < -0.3 is 18.9 Å². The summed E-state index contributed by atoms with van der Waals surface area (Å²) in [6, 6.07) is 12.4. The number of hydrogen-bond donors (Lipinski definition) is 0. The lowest BCUT2D eigenvalue weighted by Crippen LogP contribution is -2.09. The molecule has 0 aliphatic heterocycles. The molecule has 2 aromatic rings. The van der Waals surface area contributed by atoms with E-state index in [1.165, 1.54) is 21.3 Å². The molecule has 0 saturated carbocycles. The van der Waals surface area contributed by atoms with Gasteiger partial charge in [-0.2, -0.15) is 5.26 Å². The molecule has 0 unspecified atom stereocenters. The molecule has 130 valence electrons. The van der Waals surface area contributed by atoms with Crippen molar-refractivity contribution >= 4 is 5.97 Å². The molecule has 0 heterocycles. The first kappa shape index (κ1) is 18.1. The van der Waals surface area contributed by atoms with Crippen LogP contribution in [0.25, 0.3) is 0 Å². The third-order valence-corrected chi connectivity index (χ3v) is 3.58. The fourth-order valence-electron chi connectivity index (χ4n) is 2.40. The van der Waals surface area contributed by atoms with Crippen LogP contribution in [-0.4, -0.2) is 27.3 Å². The molecule has 25 heavy (non-hydrogen) atoms. The molecule has 0 radical (unpaired) electrons. The van der Waals surface area contributed by atoms with Gasteiger partial charge in [0, 0.05) is 5.56 Å². The summed E-state index contributed by atoms with van der Waals surface area (Å²) in [6.07, 6.45) is 0.0292. The van der Waals surface area contributed by atoms with E-state index in [0.29, 0.717) is 28.4 Å². The summed E-state index contributed by atoms with van der Waals surface area (Å²) >= 11 is 0. The number of methoxy groups -OCH3 is 3. The number of benzene rings is 2. The molecule has 6 nitrogen and oxygen atoms in total. The molecule has 0 aliphatic carbocycles. The van der Waals surface area contributed by atoms with Gasteiger partial charge in [-0.25, -0.2) is 0 Å². The zero-order valence-corrected chi connectivity index (χ0v) is 14.4. The molecule has 6 heteroatoms. The highest BCUT2D eigenvalue weighted by Gasteiger charge is 2.18. The van der Waals surface area contributed by atoms with Gasteiger partial charge in [0.25, 0.3) is 0 Å². The molecule has 0 aliphatic rings. The van der Waals surface area contributed by atoms with Crippen LogP contribution in [0, 0.1) is 11.3 Å². The molecule has 0 amide bonds. The third-order valence-electron chi connectivity index (χ3n) is 3.58. The monoisotopic (exact) mass is 341 g/mol. The Kier molecular flexibility index (Phi) is 6.24. The zero-order chi connectivity index (χ0) is 18.2. The van der Waals surface area contributed by atoms with Crippen LogP contribution in [0.15, 0.2) is 36.4 Å². The molecule has 2 rings (SSSR count). The Balaban J connectivity index is 2.08. The Morgan fingerprint density at radius 3 is 2.44 bits per heavy atom. The van der Waals surface area contributed by atoms with E-state index >= 15 is 0 Å². The van der Waals surface area contributed by atoms with E-state index in [0.717, 1.165) is 5.56 Å². The van der Waals surface area contributed by atoms with Gasteiger partial charge in [-0.05, 0) is 23.8 Å². The van der Waals surface area contributed by atoms with E-state index in [4.69, 9.17) is 24.2 Å². The quantitative estimate of drug-likeness (QED) is 0.721. The summed E-state index contributed by atoms with van der Waals surface area (Å²) in [7, 11) is 4.53. The fraction of sp³-hybridized carbons (Fsp3) is 0.263. The van der Waals surface area contributed by atoms with Crippen LogP contribution in [0.5, 0.6) is 17.2 Å². The molecule has 0 N–H and O–H groups in total. The fourth-order valence-corrected chi connectivity index (χ4v) is 2.40. The van der Waals surface area contributed by atoms with Crippen LogP contribution < -0.4 is 14.2 Å². The van der Waals surface area contributed by atoms with E-state index in [1.807, 2.05) is 0 Å². The highest BCUT2D eigenvalue weighted by atomic mass is 16.5. The van der Waals surface area contributed by atoms with Gasteiger partial charge >= 0.3 is 5.97 Å². The van der Waals surface area contributed by atoms with Crippen molar-refractivity contribution in [2.45, 2.75) is 13.0 Å². The van der Waals surface area contributed by atoms with Crippen molar-refractivity contribution in [3.05, 3.63) is 53.1 Å². The zero-order valence-electron chi connectivity index (χ0n) is 14.4. The van der Waals surface area contributed by atoms with Gasteiger partial charge in [0.2, 0.25) is 5.75 Å². The summed E-state index contributed by atoms with van der Waals surface area (Å²) in [4.78, 5) is 12.1. The number of rotatable bonds is 7. The Labute approximate surface area is 146 Å². The summed E-state index contributed by atoms with van der Waals surface area (Å²) in [5.41, 5.74) is 1.91. The second-order valence-corrected chi connectivity index (χ2v) is 5.14. The second-order valence-electron chi connectivity index (χ2n) is 5.14. The number of nitrogens with zero attached hydrogens (tertiary/aromatic N) is 1. The van der Waals surface area contributed by atoms with Gasteiger partial charge in [0.15, 0.2) is 11.5 Å². The number of carbonyl (C=O) groups excluding carboxylic acids is 1. The van der Waals surface area contributed by atoms with Crippen LogP contribution >= 0.6 is 0 Å². The molecule has 0 bridgehead atoms. The van der Waals surface area contributed by atoms with Crippen molar-refractivity contribution in [2.75, 3.05) is 21.3 Å². The van der Waals surface area contributed by atoms with Gasteiger partial charge in [0.1, 0.15) is 6.61 Å². The number of carbonyl (C=O) groups is 1. The first-order valence-electron chi connectivity index (χ1n) is 7.55. The Morgan fingerprint density at radius 2 is 1.80 bits per heavy atom. The highest BCUT2D eigenvalue weighted by molar-refractivity contribution is 5.75. The molecule has 0 spiro atoms. The number of esters is 1. The standard InChI is InChI=1S/C19H19NO5/c1-22-16-8-7-15(18(23-2)19(16)24-3)10-17(21)25-12-14-6-4-5-13(9-14)11-20/h4-9H,10,12H2,1-3H3. The maximum Gasteiger partial charge on any atom is 0.310 e. The Bertz CT molecular complexity index is 795. The van der Waals surface area contributed by atoms with Crippen molar-refractivity contribution in [3.8, 4) is 23.3 Å². The van der Waals surface area contributed by atoms with E-state index in [-0.39, 0.29) is 13.0 Å². The van der Waals surface area contributed by atoms with Crippen LogP contribution in [-0.2, 0) is 22.6 Å². The average molecular weight is 341 g/mol. The first-order valence-corrected chi connectivity index (χ1v) is 7.55. The minimum Gasteiger partial charge on any atom is -0.493 e. The smallest absolute Gasteiger partial charge is 0.310 e. The Morgan fingerprint density at radius 1 is 1.04 bits per heavy atom. The lowest BCUT2D eigenvalue weighted by Gasteiger charge is -2.15. The molecule has 0 saturated heterocycles. The van der Waals surface area contributed by atoms with Crippen LogP contribution in [0.3, 0.4) is 0 Å². The van der Waals surface area contributed by atoms with Crippen molar-refractivity contribution < 1.29 is 23.7 Å². The lowest BCUT2D eigenvalue weighted by atomic mass is 10.1. The maximum atomic E-state index is 12.1. The minimum atomic E-state index is -0.409. The van der Waals surface area contributed by atoms with Crippen molar-refractivity contribution in [2.24, 2.45) is 0 Å². The molecule has 0 aromatic heterocycles. The van der Waals surface area contributed by atoms with E-state index in [1.54, 1.807) is 36.4 Å². The van der Waals surface area contributed by atoms with E-state index in [9.17, 15) is 4.79 Å². The van der Waals surface area contributed by atoms with Gasteiger partial charge in [-0.1, -0.05) is 18.2 Å². The number of nitriles is 1. The van der Waals surface area contributed by atoms with Crippen molar-refractivity contribution in [1.29, 1.82) is 5.26 Å². The number of hydrogen-bond acceptors (Lipinski definition) is 6. The summed E-state index contributed by atoms with van der Waals surface area (Å²) in [5.74, 6) is 0.972. The van der Waals surface area contributed by atoms with E-state index in [2.05, 4.69) is 6.07 Å². The largest absolute Gasteiger partial charge is 0.493 e. The summed E-state index contributed by atoms with van der Waals surface area (Å²) < 4.78 is 21.2. The van der Waals surface area contributed by atoms with Gasteiger partial charge in [-0.3, -0.25) is 4.79 Å². The second kappa shape index (κ2) is 8.60. The molecular formula is C19H19NO5. The molecular weight excluding hydrogens is 322 g/mol. The Hall–Kier alpha value is -3.20. The predicted molar refractivity (Wildman–Crippen MR) is 90.8 cm³/mol. The molecule has 0 fully saturated rings. The minimum absolute atomic E-state index is 0.0292.